The molecule has 0 unspecified atom stereocenters. The molecular weight excluding hydrogens is 238 g/mol. The van der Waals surface area contributed by atoms with Crippen LogP contribution in [0.2, 0.25) is 4.34 Å². The lowest BCUT2D eigenvalue weighted by molar-refractivity contribution is -0.118. The van der Waals surface area contributed by atoms with Crippen LogP contribution in [0.5, 0.6) is 0 Å². The maximum atomic E-state index is 11.1. The molecular formula is C9H12ClNOS2. The lowest BCUT2D eigenvalue weighted by Gasteiger charge is -2.00. The van der Waals surface area contributed by atoms with Gasteiger partial charge in [0.25, 0.3) is 0 Å². The van der Waals surface area contributed by atoms with Crippen molar-refractivity contribution in [3.05, 3.63) is 21.3 Å². The van der Waals surface area contributed by atoms with Gasteiger partial charge in [0.15, 0.2) is 0 Å². The summed E-state index contributed by atoms with van der Waals surface area (Å²) in [6.07, 6.45) is 0. The molecule has 0 atom stereocenters. The normalized spacial score (nSPS) is 10.1. The Bertz CT molecular complexity index is 301. The number of rotatable bonds is 5. The highest BCUT2D eigenvalue weighted by Crippen LogP contribution is 2.24. The van der Waals surface area contributed by atoms with E-state index in [9.17, 15) is 4.79 Å². The molecule has 0 aliphatic heterocycles. The molecule has 78 valence electrons. The third kappa shape index (κ3) is 4.35. The van der Waals surface area contributed by atoms with Gasteiger partial charge >= 0.3 is 0 Å². The van der Waals surface area contributed by atoms with E-state index < -0.39 is 0 Å². The highest BCUT2D eigenvalue weighted by molar-refractivity contribution is 7.99. The lowest BCUT2D eigenvalue weighted by atomic mass is 10.5. The van der Waals surface area contributed by atoms with Gasteiger partial charge in [-0.15, -0.1) is 23.1 Å². The minimum absolute atomic E-state index is 0.0974. The molecule has 0 radical (unpaired) electrons. The molecule has 0 spiro atoms. The first-order valence-electron chi connectivity index (χ1n) is 4.31. The Kier molecular flexibility index (Phi) is 5.37. The largest absolute Gasteiger partial charge is 0.356 e. The molecule has 1 amide bonds. The Morgan fingerprint density at radius 3 is 3.00 bits per heavy atom. The fraction of sp³-hybridized carbons (Fsp3) is 0.444. The van der Waals surface area contributed by atoms with Gasteiger partial charge in [-0.25, -0.2) is 0 Å². The van der Waals surface area contributed by atoms with Gasteiger partial charge in [-0.3, -0.25) is 4.79 Å². The van der Waals surface area contributed by atoms with Crippen LogP contribution < -0.4 is 5.32 Å². The quantitative estimate of drug-likeness (QED) is 0.870. The van der Waals surface area contributed by atoms with Gasteiger partial charge in [-0.05, 0) is 19.1 Å². The first kappa shape index (κ1) is 11.9. The van der Waals surface area contributed by atoms with Crippen LogP contribution in [0.25, 0.3) is 0 Å². The van der Waals surface area contributed by atoms with E-state index in [1.54, 1.807) is 23.1 Å². The predicted octanol–water partition coefficient (Wildman–Crippen LogP) is 2.77. The topological polar surface area (TPSA) is 29.1 Å². The van der Waals surface area contributed by atoms with Gasteiger partial charge in [-0.2, -0.15) is 0 Å². The van der Waals surface area contributed by atoms with Gasteiger partial charge in [0, 0.05) is 17.2 Å². The highest BCUT2D eigenvalue weighted by Gasteiger charge is 2.01. The summed E-state index contributed by atoms with van der Waals surface area (Å²) in [6.45, 7) is 2.62. The first-order chi connectivity index (χ1) is 6.72. The van der Waals surface area contributed by atoms with Crippen LogP contribution in [-0.2, 0) is 10.5 Å². The maximum Gasteiger partial charge on any atom is 0.229 e. The van der Waals surface area contributed by atoms with Crippen LogP contribution in [0.3, 0.4) is 0 Å². The molecule has 5 heteroatoms. The second kappa shape index (κ2) is 6.32. The van der Waals surface area contributed by atoms with Crippen LogP contribution in [0.15, 0.2) is 12.1 Å². The van der Waals surface area contributed by atoms with Crippen LogP contribution in [-0.4, -0.2) is 18.2 Å². The van der Waals surface area contributed by atoms with Crippen molar-refractivity contribution < 1.29 is 4.79 Å². The van der Waals surface area contributed by atoms with Crippen molar-refractivity contribution in [2.24, 2.45) is 0 Å². The minimum Gasteiger partial charge on any atom is -0.356 e. The van der Waals surface area contributed by atoms with E-state index in [1.165, 1.54) is 4.88 Å². The summed E-state index contributed by atoms with van der Waals surface area (Å²) in [4.78, 5) is 12.3. The summed E-state index contributed by atoms with van der Waals surface area (Å²) < 4.78 is 0.804. The third-order valence-corrected chi connectivity index (χ3v) is 3.88. The first-order valence-corrected chi connectivity index (χ1v) is 6.66. The fourth-order valence-corrected chi connectivity index (χ4v) is 2.98. The van der Waals surface area contributed by atoms with Gasteiger partial charge in [0.2, 0.25) is 5.91 Å². The summed E-state index contributed by atoms with van der Waals surface area (Å²) in [5.41, 5.74) is 0. The molecule has 0 aliphatic rings. The number of amides is 1. The molecule has 1 heterocycles. The molecule has 0 aliphatic carbocycles. The van der Waals surface area contributed by atoms with E-state index in [1.807, 2.05) is 19.1 Å². The number of thiophene rings is 1. The van der Waals surface area contributed by atoms with Crippen molar-refractivity contribution in [1.29, 1.82) is 0 Å². The van der Waals surface area contributed by atoms with Crippen molar-refractivity contribution >= 4 is 40.6 Å². The molecule has 0 aromatic carbocycles. The van der Waals surface area contributed by atoms with E-state index in [4.69, 9.17) is 11.6 Å². The number of halogens is 1. The zero-order valence-corrected chi connectivity index (χ0v) is 10.3. The van der Waals surface area contributed by atoms with Crippen LogP contribution >= 0.6 is 34.7 Å². The average Bonchev–Trinajstić information content (AvgIpc) is 2.52. The van der Waals surface area contributed by atoms with E-state index in [0.29, 0.717) is 12.3 Å². The summed E-state index contributed by atoms with van der Waals surface area (Å²) in [6, 6.07) is 3.88. The molecule has 2 nitrogen and oxygen atoms in total. The molecule has 0 saturated carbocycles. The molecule has 1 aromatic rings. The van der Waals surface area contributed by atoms with Crippen LogP contribution in [0, 0.1) is 0 Å². The highest BCUT2D eigenvalue weighted by atomic mass is 35.5. The molecule has 14 heavy (non-hydrogen) atoms. The van der Waals surface area contributed by atoms with Crippen LogP contribution in [0.1, 0.15) is 11.8 Å². The van der Waals surface area contributed by atoms with E-state index in [0.717, 1.165) is 10.1 Å². The summed E-state index contributed by atoms with van der Waals surface area (Å²) in [5.74, 6) is 1.47. The molecule has 1 N–H and O–H groups in total. The minimum atomic E-state index is 0.0974. The predicted molar refractivity (Wildman–Crippen MR) is 64.2 cm³/mol. The number of hydrogen-bond acceptors (Lipinski definition) is 3. The summed E-state index contributed by atoms with van der Waals surface area (Å²) in [5, 5.41) is 2.75. The Morgan fingerprint density at radius 2 is 2.43 bits per heavy atom. The molecule has 0 bridgehead atoms. The zero-order valence-electron chi connectivity index (χ0n) is 7.88. The Labute approximate surface area is 97.0 Å². The van der Waals surface area contributed by atoms with Gasteiger partial charge in [0.1, 0.15) is 0 Å². The zero-order chi connectivity index (χ0) is 10.4. The second-order valence-corrected chi connectivity index (χ2v) is 5.44. The smallest absolute Gasteiger partial charge is 0.229 e. The number of nitrogens with one attached hydrogen (secondary N) is 1. The summed E-state index contributed by atoms with van der Waals surface area (Å²) in [7, 11) is 0. The second-order valence-electron chi connectivity index (χ2n) is 2.65. The van der Waals surface area contributed by atoms with Crippen molar-refractivity contribution in [2.75, 3.05) is 12.3 Å². The standard InChI is InChI=1S/C9H12ClNOS2/c1-2-11-9(12)6-13-5-7-3-4-8(10)14-7/h3-4H,2,5-6H2,1H3,(H,11,12). The number of carbonyl (C=O) groups excluding carboxylic acids is 1. The number of thioether (sulfide) groups is 1. The lowest BCUT2D eigenvalue weighted by Crippen LogP contribution is -2.24. The van der Waals surface area contributed by atoms with E-state index >= 15 is 0 Å². The number of carbonyl (C=O) groups is 1. The van der Waals surface area contributed by atoms with Gasteiger partial charge < -0.3 is 5.32 Å². The Morgan fingerprint density at radius 1 is 1.64 bits per heavy atom. The molecule has 0 fully saturated rings. The van der Waals surface area contributed by atoms with Crippen molar-refractivity contribution in [2.45, 2.75) is 12.7 Å². The molecule has 0 saturated heterocycles. The van der Waals surface area contributed by atoms with Crippen molar-refractivity contribution in [1.82, 2.24) is 5.32 Å². The monoisotopic (exact) mass is 249 g/mol. The third-order valence-electron chi connectivity index (χ3n) is 1.48. The average molecular weight is 250 g/mol. The number of hydrogen-bond donors (Lipinski definition) is 1. The fourth-order valence-electron chi connectivity index (χ4n) is 0.922. The van der Waals surface area contributed by atoms with Crippen LogP contribution in [0.4, 0.5) is 0 Å². The van der Waals surface area contributed by atoms with E-state index in [-0.39, 0.29) is 5.91 Å². The SMILES string of the molecule is CCNC(=O)CSCc1ccc(Cl)s1. The van der Waals surface area contributed by atoms with Crippen molar-refractivity contribution in [3.8, 4) is 0 Å². The summed E-state index contributed by atoms with van der Waals surface area (Å²) >= 11 is 8.95. The maximum absolute atomic E-state index is 11.1. The molecule has 1 aromatic heterocycles. The Balaban J connectivity index is 2.18. The molecule has 1 rings (SSSR count). The van der Waals surface area contributed by atoms with E-state index in [2.05, 4.69) is 5.32 Å². The van der Waals surface area contributed by atoms with Crippen molar-refractivity contribution in [3.63, 3.8) is 0 Å². The Hall–Kier alpha value is -0.190. The van der Waals surface area contributed by atoms with Gasteiger partial charge in [-0.1, -0.05) is 11.6 Å². The van der Waals surface area contributed by atoms with Gasteiger partial charge in [0.05, 0.1) is 10.1 Å².